The molecule has 0 radical (unpaired) electrons. The van der Waals surface area contributed by atoms with E-state index in [4.69, 9.17) is 19.7 Å². The Hall–Kier alpha value is -3.61. The minimum atomic E-state index is -5.08. The summed E-state index contributed by atoms with van der Waals surface area (Å²) >= 11 is 0. The van der Waals surface area contributed by atoms with Crippen LogP contribution >= 0.6 is 0 Å². The first-order valence-corrected chi connectivity index (χ1v) is 18.6. The molecule has 3 saturated heterocycles. The van der Waals surface area contributed by atoms with Crippen molar-refractivity contribution in [3.8, 4) is 5.69 Å². The Labute approximate surface area is 299 Å². The lowest BCUT2D eigenvalue weighted by atomic mass is 9.78. The van der Waals surface area contributed by atoms with Gasteiger partial charge in [0.15, 0.2) is 0 Å². The summed E-state index contributed by atoms with van der Waals surface area (Å²) in [6.07, 6.45) is 8.31. The van der Waals surface area contributed by atoms with Crippen LogP contribution in [0.5, 0.6) is 0 Å². The highest BCUT2D eigenvalue weighted by atomic mass is 19.4. The van der Waals surface area contributed by atoms with E-state index in [-0.39, 0.29) is 29.2 Å². The Balaban J connectivity index is 0.000000654. The predicted molar refractivity (Wildman–Crippen MR) is 187 cm³/mol. The largest absolute Gasteiger partial charge is 0.490 e. The van der Waals surface area contributed by atoms with Gasteiger partial charge in [0.25, 0.3) is 5.91 Å². The molecule has 2 aromatic rings. The van der Waals surface area contributed by atoms with Gasteiger partial charge < -0.3 is 19.6 Å². The standard InChI is InChI=1S/C36H53N5O3.C2HF3O2/c1-5-6-17-31-36(44-34(43)40(31)26-29-13-9-7-10-14-29)20-24-39(25-21-36)35(4)18-22-38(23-19-35)33(42)32-27(2)37-41(28(32)3)30-15-11-8-12-16-30;3-2(4,5)1(6)7/h8,11-12,15-16,29,31H,5-7,9-10,13-14,17-26H2,1-4H3;(H,6,7). The number of alkyl halides is 3. The molecular weight excluding hydrogens is 663 g/mol. The number of carbonyl (C=O) groups excluding carboxylic acids is 2. The van der Waals surface area contributed by atoms with Crippen molar-refractivity contribution in [3.63, 3.8) is 0 Å². The minimum absolute atomic E-state index is 0.0417. The third-order valence-electron chi connectivity index (χ3n) is 11.8. The van der Waals surface area contributed by atoms with Crippen molar-refractivity contribution in [2.24, 2.45) is 5.92 Å². The molecule has 0 bridgehead atoms. The molecule has 1 aliphatic carbocycles. The van der Waals surface area contributed by atoms with E-state index in [0.717, 1.165) is 100 Å². The molecule has 13 heteroatoms. The quantitative estimate of drug-likeness (QED) is 0.301. The highest BCUT2D eigenvalue weighted by Crippen LogP contribution is 2.44. The number of para-hydroxylation sites is 1. The third-order valence-corrected chi connectivity index (χ3v) is 11.8. The smallest absolute Gasteiger partial charge is 0.475 e. The van der Waals surface area contributed by atoms with Gasteiger partial charge in [-0.3, -0.25) is 9.69 Å². The zero-order valence-corrected chi connectivity index (χ0v) is 30.5. The number of carboxylic acid groups (broad SMARTS) is 1. The van der Waals surface area contributed by atoms with E-state index < -0.39 is 12.1 Å². The SMILES string of the molecule is CCCCC1N(CC2CCCCC2)C(=O)OC12CCN(C1(C)CCN(C(=O)c3c(C)nn(-c4ccccc4)c3C)CC1)CC2.O=C(O)C(F)(F)F. The van der Waals surface area contributed by atoms with Crippen molar-refractivity contribution in [1.29, 1.82) is 0 Å². The molecule has 1 spiro atoms. The summed E-state index contributed by atoms with van der Waals surface area (Å²) in [7, 11) is 0. The van der Waals surface area contributed by atoms with Crippen molar-refractivity contribution in [1.82, 2.24) is 24.5 Å². The number of nitrogens with zero attached hydrogens (tertiary/aromatic N) is 5. The summed E-state index contributed by atoms with van der Waals surface area (Å²) < 4.78 is 40.0. The maximum absolute atomic E-state index is 13.8. The Kier molecular flexibility index (Phi) is 12.1. The number of ether oxygens (including phenoxy) is 1. The van der Waals surface area contributed by atoms with Crippen molar-refractivity contribution in [3.05, 3.63) is 47.3 Å². The van der Waals surface area contributed by atoms with Crippen LogP contribution in [0.2, 0.25) is 0 Å². The molecule has 2 amide bonds. The van der Waals surface area contributed by atoms with Crippen LogP contribution in [0.3, 0.4) is 0 Å². The van der Waals surface area contributed by atoms with Gasteiger partial charge in [0.2, 0.25) is 0 Å². The number of amides is 2. The summed E-state index contributed by atoms with van der Waals surface area (Å²) in [5, 5.41) is 11.8. The highest BCUT2D eigenvalue weighted by Gasteiger charge is 2.56. The molecule has 1 N–H and O–H groups in total. The first-order chi connectivity index (χ1) is 24.2. The van der Waals surface area contributed by atoms with E-state index >= 15 is 0 Å². The van der Waals surface area contributed by atoms with Crippen LogP contribution in [-0.2, 0) is 9.53 Å². The van der Waals surface area contributed by atoms with Gasteiger partial charge in [-0.05, 0) is 70.9 Å². The average Bonchev–Trinajstić information content (AvgIpc) is 3.54. The van der Waals surface area contributed by atoms with Gasteiger partial charge in [-0.2, -0.15) is 18.3 Å². The van der Waals surface area contributed by atoms with Crippen molar-refractivity contribution in [2.45, 2.75) is 128 Å². The molecule has 3 aliphatic heterocycles. The molecule has 51 heavy (non-hydrogen) atoms. The zero-order valence-electron chi connectivity index (χ0n) is 30.5. The molecule has 1 atom stereocenters. The summed E-state index contributed by atoms with van der Waals surface area (Å²) in [4.78, 5) is 42.8. The van der Waals surface area contributed by atoms with Gasteiger partial charge in [0.05, 0.1) is 28.7 Å². The monoisotopic (exact) mass is 717 g/mol. The molecule has 1 saturated carbocycles. The Bertz CT molecular complexity index is 1510. The summed E-state index contributed by atoms with van der Waals surface area (Å²) in [6, 6.07) is 10.2. The second-order valence-electron chi connectivity index (χ2n) is 15.1. The lowest BCUT2D eigenvalue weighted by Crippen LogP contribution is -2.60. The van der Waals surface area contributed by atoms with Gasteiger partial charge >= 0.3 is 18.2 Å². The normalized spacial score (nSPS) is 22.4. The van der Waals surface area contributed by atoms with Gasteiger partial charge in [0.1, 0.15) is 5.60 Å². The molecule has 1 aromatic heterocycles. The number of unbranched alkanes of at least 4 members (excludes halogenated alkanes) is 1. The molecule has 4 fully saturated rings. The molecule has 4 aliphatic rings. The number of halogens is 3. The van der Waals surface area contributed by atoms with Gasteiger partial charge in [-0.1, -0.05) is 57.2 Å². The number of aromatic nitrogens is 2. The number of benzene rings is 1. The predicted octanol–water partition coefficient (Wildman–Crippen LogP) is 7.54. The van der Waals surface area contributed by atoms with Crippen molar-refractivity contribution < 1.29 is 37.4 Å². The molecule has 6 rings (SSSR count). The number of likely N-dealkylation sites (tertiary alicyclic amines) is 2. The average molecular weight is 718 g/mol. The minimum Gasteiger partial charge on any atom is -0.475 e. The molecule has 1 unspecified atom stereocenters. The third kappa shape index (κ3) is 8.55. The van der Waals surface area contributed by atoms with Crippen molar-refractivity contribution >= 4 is 18.0 Å². The fourth-order valence-corrected chi connectivity index (χ4v) is 8.68. The fourth-order valence-electron chi connectivity index (χ4n) is 8.68. The van der Waals surface area contributed by atoms with E-state index in [1.807, 2.05) is 53.8 Å². The molecule has 282 valence electrons. The fraction of sp³-hybridized carbons (Fsp3) is 0.684. The Morgan fingerprint density at radius 3 is 2.16 bits per heavy atom. The Morgan fingerprint density at radius 1 is 0.980 bits per heavy atom. The van der Waals surface area contributed by atoms with E-state index in [1.165, 1.54) is 32.1 Å². The zero-order chi connectivity index (χ0) is 37.0. The number of hydrogen-bond donors (Lipinski definition) is 1. The van der Waals surface area contributed by atoms with Crippen LogP contribution in [-0.4, -0.2) is 104 Å². The van der Waals surface area contributed by atoms with E-state index in [1.54, 1.807) is 0 Å². The van der Waals surface area contributed by atoms with E-state index in [9.17, 15) is 22.8 Å². The number of rotatable bonds is 8. The first-order valence-electron chi connectivity index (χ1n) is 18.6. The number of carboxylic acids is 1. The van der Waals surface area contributed by atoms with Crippen LogP contribution in [0, 0.1) is 19.8 Å². The molecular formula is C38H54F3N5O5. The van der Waals surface area contributed by atoms with Crippen molar-refractivity contribution in [2.75, 3.05) is 32.7 Å². The molecule has 10 nitrogen and oxygen atoms in total. The van der Waals surface area contributed by atoms with Crippen LogP contribution in [0.1, 0.15) is 113 Å². The number of aliphatic carboxylic acids is 1. The van der Waals surface area contributed by atoms with Crippen LogP contribution in [0.4, 0.5) is 18.0 Å². The van der Waals surface area contributed by atoms with Gasteiger partial charge in [0, 0.05) is 51.1 Å². The highest BCUT2D eigenvalue weighted by molar-refractivity contribution is 5.96. The maximum Gasteiger partial charge on any atom is 0.490 e. The first kappa shape index (κ1) is 38.6. The summed E-state index contributed by atoms with van der Waals surface area (Å²) in [5.41, 5.74) is 3.08. The lowest BCUT2D eigenvalue weighted by molar-refractivity contribution is -0.192. The second kappa shape index (κ2) is 16.0. The van der Waals surface area contributed by atoms with E-state index in [0.29, 0.717) is 5.92 Å². The summed E-state index contributed by atoms with van der Waals surface area (Å²) in [5.74, 6) is -2.04. The van der Waals surface area contributed by atoms with Gasteiger partial charge in [-0.15, -0.1) is 0 Å². The number of hydrogen-bond acceptors (Lipinski definition) is 6. The number of carbonyl (C=O) groups is 3. The maximum atomic E-state index is 13.8. The van der Waals surface area contributed by atoms with Gasteiger partial charge in [-0.25, -0.2) is 14.3 Å². The molecule has 1 aromatic carbocycles. The van der Waals surface area contributed by atoms with Crippen LogP contribution < -0.4 is 0 Å². The Morgan fingerprint density at radius 2 is 1.59 bits per heavy atom. The number of piperidine rings is 2. The molecule has 4 heterocycles. The van der Waals surface area contributed by atoms with E-state index in [2.05, 4.69) is 23.6 Å². The summed E-state index contributed by atoms with van der Waals surface area (Å²) in [6.45, 7) is 12.8. The topological polar surface area (TPSA) is 108 Å². The van der Waals surface area contributed by atoms with Crippen LogP contribution in [0.25, 0.3) is 5.69 Å². The second-order valence-corrected chi connectivity index (χ2v) is 15.1. The number of aryl methyl sites for hydroxylation is 1. The van der Waals surface area contributed by atoms with Crippen LogP contribution in [0.15, 0.2) is 30.3 Å². The lowest BCUT2D eigenvalue weighted by Gasteiger charge is -2.51.